The average Bonchev–Trinajstić information content (AvgIpc) is 2.19. The fourth-order valence-corrected chi connectivity index (χ4v) is 1.70. The predicted molar refractivity (Wildman–Crippen MR) is 54.3 cm³/mol. The van der Waals surface area contributed by atoms with Crippen molar-refractivity contribution in [3.63, 3.8) is 0 Å². The third-order valence-electron chi connectivity index (χ3n) is 2.43. The van der Waals surface area contributed by atoms with Crippen LogP contribution in [0.1, 0.15) is 18.5 Å². The van der Waals surface area contributed by atoms with E-state index in [4.69, 9.17) is 9.84 Å². The molecule has 14 heavy (non-hydrogen) atoms. The molecule has 1 fully saturated rings. The van der Waals surface area contributed by atoms with Crippen molar-refractivity contribution >= 4 is 0 Å². The maximum absolute atomic E-state index is 9.16. The van der Waals surface area contributed by atoms with Crippen LogP contribution in [0.25, 0.3) is 0 Å². The average molecular weight is 193 g/mol. The summed E-state index contributed by atoms with van der Waals surface area (Å²) in [7, 11) is 0. The maximum Gasteiger partial charge on any atom is 0.115 e. The van der Waals surface area contributed by atoms with Gasteiger partial charge in [0.2, 0.25) is 0 Å². The van der Waals surface area contributed by atoms with Crippen molar-refractivity contribution in [1.82, 2.24) is 5.32 Å². The van der Waals surface area contributed by atoms with E-state index in [1.807, 2.05) is 12.1 Å². The molecule has 1 aromatic rings. The largest absolute Gasteiger partial charge is 0.508 e. The minimum atomic E-state index is 0.249. The Morgan fingerprint density at radius 2 is 2.00 bits per heavy atom. The predicted octanol–water partition coefficient (Wildman–Crippen LogP) is 1.44. The van der Waals surface area contributed by atoms with Gasteiger partial charge in [-0.25, -0.2) is 0 Å². The van der Waals surface area contributed by atoms with Crippen LogP contribution >= 0.6 is 0 Å². The molecule has 1 heterocycles. The van der Waals surface area contributed by atoms with Crippen molar-refractivity contribution in [2.24, 2.45) is 0 Å². The standard InChI is InChI=1S/C11H15NO2/c1-8-6-14-7-11(12-8)9-2-4-10(13)5-3-9/h2-5,8,11-13H,6-7H2,1H3. The highest BCUT2D eigenvalue weighted by Gasteiger charge is 2.19. The van der Waals surface area contributed by atoms with Crippen LogP contribution in [-0.4, -0.2) is 24.4 Å². The van der Waals surface area contributed by atoms with Gasteiger partial charge in [0.1, 0.15) is 5.75 Å². The summed E-state index contributed by atoms with van der Waals surface area (Å²) in [6, 6.07) is 7.90. The Labute approximate surface area is 83.7 Å². The first-order chi connectivity index (χ1) is 6.75. The lowest BCUT2D eigenvalue weighted by Crippen LogP contribution is -2.41. The smallest absolute Gasteiger partial charge is 0.115 e. The molecule has 0 bridgehead atoms. The summed E-state index contributed by atoms with van der Waals surface area (Å²) in [5.74, 6) is 0.304. The normalized spacial score (nSPS) is 27.5. The number of morpholine rings is 1. The van der Waals surface area contributed by atoms with Gasteiger partial charge in [0, 0.05) is 6.04 Å². The number of phenolic OH excluding ortho intramolecular Hbond substituents is 1. The molecule has 1 aliphatic heterocycles. The summed E-state index contributed by atoms with van der Waals surface area (Å²) in [6.45, 7) is 3.58. The Morgan fingerprint density at radius 3 is 2.64 bits per heavy atom. The molecule has 0 aromatic heterocycles. The summed E-state index contributed by atoms with van der Waals surface area (Å²) < 4.78 is 5.45. The SMILES string of the molecule is CC1COCC(c2ccc(O)cc2)N1. The van der Waals surface area contributed by atoms with Crippen LogP contribution in [0.15, 0.2) is 24.3 Å². The molecule has 3 nitrogen and oxygen atoms in total. The highest BCUT2D eigenvalue weighted by atomic mass is 16.5. The molecule has 0 radical (unpaired) electrons. The second-order valence-corrected chi connectivity index (χ2v) is 3.75. The van der Waals surface area contributed by atoms with Gasteiger partial charge in [-0.1, -0.05) is 12.1 Å². The number of nitrogens with one attached hydrogen (secondary N) is 1. The van der Waals surface area contributed by atoms with E-state index in [9.17, 15) is 0 Å². The Bertz CT molecular complexity index is 297. The Morgan fingerprint density at radius 1 is 1.29 bits per heavy atom. The van der Waals surface area contributed by atoms with E-state index < -0.39 is 0 Å². The summed E-state index contributed by atoms with van der Waals surface area (Å²) in [6.07, 6.45) is 0. The van der Waals surface area contributed by atoms with E-state index in [0.717, 1.165) is 12.2 Å². The Hall–Kier alpha value is -1.06. The molecule has 2 rings (SSSR count). The number of hydrogen-bond acceptors (Lipinski definition) is 3. The molecule has 76 valence electrons. The van der Waals surface area contributed by atoms with Crippen molar-refractivity contribution in [2.75, 3.05) is 13.2 Å². The van der Waals surface area contributed by atoms with E-state index in [0.29, 0.717) is 18.4 Å². The van der Waals surface area contributed by atoms with Gasteiger partial charge < -0.3 is 15.2 Å². The van der Waals surface area contributed by atoms with E-state index in [1.54, 1.807) is 12.1 Å². The summed E-state index contributed by atoms with van der Waals surface area (Å²) in [5.41, 5.74) is 1.16. The number of ether oxygens (including phenoxy) is 1. The van der Waals surface area contributed by atoms with Gasteiger partial charge in [-0.2, -0.15) is 0 Å². The molecule has 0 amide bonds. The second kappa shape index (κ2) is 3.98. The summed E-state index contributed by atoms with van der Waals surface area (Å²) >= 11 is 0. The first kappa shape index (κ1) is 9.49. The van der Waals surface area contributed by atoms with Crippen LogP contribution in [0.3, 0.4) is 0 Å². The zero-order chi connectivity index (χ0) is 9.97. The van der Waals surface area contributed by atoms with E-state index in [1.165, 1.54) is 0 Å². The molecule has 0 saturated carbocycles. The second-order valence-electron chi connectivity index (χ2n) is 3.75. The van der Waals surface area contributed by atoms with Gasteiger partial charge >= 0.3 is 0 Å². The minimum Gasteiger partial charge on any atom is -0.508 e. The van der Waals surface area contributed by atoms with Crippen molar-refractivity contribution in [1.29, 1.82) is 0 Å². The zero-order valence-electron chi connectivity index (χ0n) is 8.23. The molecule has 2 atom stereocenters. The molecule has 0 aliphatic carbocycles. The van der Waals surface area contributed by atoms with Crippen LogP contribution in [-0.2, 0) is 4.74 Å². The fourth-order valence-electron chi connectivity index (χ4n) is 1.70. The van der Waals surface area contributed by atoms with Gasteiger partial charge in [-0.05, 0) is 24.6 Å². The first-order valence-electron chi connectivity index (χ1n) is 4.88. The minimum absolute atomic E-state index is 0.249. The van der Waals surface area contributed by atoms with Crippen molar-refractivity contribution in [3.8, 4) is 5.75 Å². The van der Waals surface area contributed by atoms with Crippen molar-refractivity contribution in [2.45, 2.75) is 19.0 Å². The topological polar surface area (TPSA) is 41.5 Å². The van der Waals surface area contributed by atoms with Crippen LogP contribution in [0.2, 0.25) is 0 Å². The first-order valence-corrected chi connectivity index (χ1v) is 4.88. The van der Waals surface area contributed by atoms with Gasteiger partial charge in [0.05, 0.1) is 19.3 Å². The molecular formula is C11H15NO2. The number of rotatable bonds is 1. The summed E-state index contributed by atoms with van der Waals surface area (Å²) in [4.78, 5) is 0. The molecule has 0 spiro atoms. The maximum atomic E-state index is 9.16. The third-order valence-corrected chi connectivity index (χ3v) is 2.43. The fraction of sp³-hybridized carbons (Fsp3) is 0.455. The van der Waals surface area contributed by atoms with E-state index in [2.05, 4.69) is 12.2 Å². The molecule has 2 N–H and O–H groups in total. The number of phenols is 1. The summed E-state index contributed by atoms with van der Waals surface area (Å²) in [5, 5.41) is 12.6. The molecule has 1 saturated heterocycles. The van der Waals surface area contributed by atoms with Gasteiger partial charge in [0.15, 0.2) is 0 Å². The highest BCUT2D eigenvalue weighted by molar-refractivity contribution is 5.28. The lowest BCUT2D eigenvalue weighted by atomic mass is 10.1. The molecule has 2 unspecified atom stereocenters. The lowest BCUT2D eigenvalue weighted by molar-refractivity contribution is 0.0504. The lowest BCUT2D eigenvalue weighted by Gasteiger charge is -2.29. The number of benzene rings is 1. The molecular weight excluding hydrogens is 178 g/mol. The van der Waals surface area contributed by atoms with Crippen LogP contribution in [0.4, 0.5) is 0 Å². The Kier molecular flexibility index (Phi) is 2.70. The van der Waals surface area contributed by atoms with E-state index >= 15 is 0 Å². The monoisotopic (exact) mass is 193 g/mol. The zero-order valence-corrected chi connectivity index (χ0v) is 8.23. The van der Waals surface area contributed by atoms with Crippen LogP contribution in [0, 0.1) is 0 Å². The quantitative estimate of drug-likeness (QED) is 0.709. The number of aromatic hydroxyl groups is 1. The van der Waals surface area contributed by atoms with Crippen LogP contribution < -0.4 is 5.32 Å². The van der Waals surface area contributed by atoms with E-state index in [-0.39, 0.29) is 6.04 Å². The van der Waals surface area contributed by atoms with Gasteiger partial charge in [0.25, 0.3) is 0 Å². The van der Waals surface area contributed by atoms with Crippen molar-refractivity contribution < 1.29 is 9.84 Å². The molecule has 3 heteroatoms. The highest BCUT2D eigenvalue weighted by Crippen LogP contribution is 2.19. The van der Waals surface area contributed by atoms with Gasteiger partial charge in [-0.3, -0.25) is 0 Å². The third kappa shape index (κ3) is 2.05. The van der Waals surface area contributed by atoms with Crippen molar-refractivity contribution in [3.05, 3.63) is 29.8 Å². The molecule has 1 aliphatic rings. The molecule has 1 aromatic carbocycles. The number of hydrogen-bond donors (Lipinski definition) is 2. The Balaban J connectivity index is 2.10. The van der Waals surface area contributed by atoms with Gasteiger partial charge in [-0.15, -0.1) is 0 Å². The van der Waals surface area contributed by atoms with Crippen LogP contribution in [0.5, 0.6) is 5.75 Å².